The minimum absolute atomic E-state index is 0.415. The summed E-state index contributed by atoms with van der Waals surface area (Å²) in [7, 11) is 0. The fraction of sp³-hybridized carbons (Fsp3) is 0.182. The van der Waals surface area contributed by atoms with Gasteiger partial charge in [0.15, 0.2) is 0 Å². The van der Waals surface area contributed by atoms with Crippen molar-refractivity contribution >= 4 is 5.69 Å². The van der Waals surface area contributed by atoms with Crippen LogP contribution < -0.4 is 5.32 Å². The number of nitrogens with one attached hydrogen (secondary N) is 2. The number of hydrogen-bond acceptors (Lipinski definition) is 2. The Morgan fingerprint density at radius 2 is 1.94 bits per heavy atom. The first kappa shape index (κ1) is 10.6. The van der Waals surface area contributed by atoms with Gasteiger partial charge < -0.3 is 5.32 Å². The van der Waals surface area contributed by atoms with Crippen molar-refractivity contribution in [3.05, 3.63) is 47.3 Å². The third kappa shape index (κ3) is 2.36. The first-order valence-corrected chi connectivity index (χ1v) is 4.84. The molecule has 0 fully saturated rings. The maximum Gasteiger partial charge on any atom is 0.128 e. The predicted molar refractivity (Wildman–Crippen MR) is 57.0 cm³/mol. The standard InChI is InChI=1S/C11H11F2N3/c1-7-8(6-15-16-7)5-14-11-3-9(12)2-10(13)4-11/h2-4,6,14H,5H2,1H3,(H,15,16). The van der Waals surface area contributed by atoms with Gasteiger partial charge in [0.05, 0.1) is 6.20 Å². The van der Waals surface area contributed by atoms with Gasteiger partial charge in [-0.15, -0.1) is 0 Å². The zero-order valence-corrected chi connectivity index (χ0v) is 8.72. The van der Waals surface area contributed by atoms with Crippen LogP contribution in [0.3, 0.4) is 0 Å². The van der Waals surface area contributed by atoms with Crippen molar-refractivity contribution in [2.75, 3.05) is 5.32 Å². The third-order valence-electron chi connectivity index (χ3n) is 2.28. The molecule has 0 spiro atoms. The van der Waals surface area contributed by atoms with Crippen LogP contribution >= 0.6 is 0 Å². The van der Waals surface area contributed by atoms with E-state index in [0.717, 1.165) is 17.3 Å². The number of rotatable bonds is 3. The molecule has 1 aromatic carbocycles. The normalized spacial score (nSPS) is 10.4. The molecule has 3 nitrogen and oxygen atoms in total. The zero-order chi connectivity index (χ0) is 11.5. The maximum atomic E-state index is 12.9. The third-order valence-corrected chi connectivity index (χ3v) is 2.28. The molecule has 5 heteroatoms. The van der Waals surface area contributed by atoms with Crippen LogP contribution in [0.25, 0.3) is 0 Å². The average molecular weight is 223 g/mol. The maximum absolute atomic E-state index is 12.9. The summed E-state index contributed by atoms with van der Waals surface area (Å²) in [5.74, 6) is -1.18. The van der Waals surface area contributed by atoms with Crippen molar-refractivity contribution in [1.82, 2.24) is 10.2 Å². The predicted octanol–water partition coefficient (Wildman–Crippen LogP) is 2.61. The van der Waals surface area contributed by atoms with Crippen molar-refractivity contribution < 1.29 is 8.78 Å². The highest BCUT2D eigenvalue weighted by Crippen LogP contribution is 2.14. The van der Waals surface area contributed by atoms with E-state index in [1.807, 2.05) is 6.92 Å². The van der Waals surface area contributed by atoms with Gasteiger partial charge in [0.2, 0.25) is 0 Å². The van der Waals surface area contributed by atoms with E-state index in [0.29, 0.717) is 12.2 Å². The van der Waals surface area contributed by atoms with Gasteiger partial charge >= 0.3 is 0 Å². The molecule has 1 aromatic heterocycles. The molecule has 16 heavy (non-hydrogen) atoms. The van der Waals surface area contributed by atoms with Crippen LogP contribution in [-0.2, 0) is 6.54 Å². The van der Waals surface area contributed by atoms with Crippen LogP contribution in [-0.4, -0.2) is 10.2 Å². The smallest absolute Gasteiger partial charge is 0.128 e. The van der Waals surface area contributed by atoms with Crippen molar-refractivity contribution in [3.63, 3.8) is 0 Å². The number of aromatic amines is 1. The van der Waals surface area contributed by atoms with Gasteiger partial charge in [-0.1, -0.05) is 0 Å². The molecule has 0 saturated carbocycles. The largest absolute Gasteiger partial charge is 0.381 e. The summed E-state index contributed by atoms with van der Waals surface area (Å²) >= 11 is 0. The molecule has 0 unspecified atom stereocenters. The number of hydrogen-bond donors (Lipinski definition) is 2. The second-order valence-corrected chi connectivity index (χ2v) is 3.53. The minimum Gasteiger partial charge on any atom is -0.381 e. The van der Waals surface area contributed by atoms with E-state index in [1.54, 1.807) is 6.20 Å². The van der Waals surface area contributed by atoms with Gasteiger partial charge in [-0.2, -0.15) is 5.10 Å². The summed E-state index contributed by atoms with van der Waals surface area (Å²) in [4.78, 5) is 0. The summed E-state index contributed by atoms with van der Waals surface area (Å²) in [6.45, 7) is 2.36. The Bertz CT molecular complexity index is 473. The van der Waals surface area contributed by atoms with Gasteiger partial charge in [-0.3, -0.25) is 5.10 Å². The Kier molecular flexibility index (Phi) is 2.85. The number of aryl methyl sites for hydroxylation is 1. The molecule has 2 rings (SSSR count). The van der Waals surface area contributed by atoms with Crippen LogP contribution in [0.5, 0.6) is 0 Å². The van der Waals surface area contributed by atoms with Crippen molar-refractivity contribution in [3.8, 4) is 0 Å². The molecule has 0 aliphatic heterocycles. The minimum atomic E-state index is -0.591. The summed E-state index contributed by atoms with van der Waals surface area (Å²) in [5.41, 5.74) is 2.31. The summed E-state index contributed by atoms with van der Waals surface area (Å²) in [6, 6.07) is 3.34. The molecule has 0 saturated heterocycles. The second kappa shape index (κ2) is 4.30. The lowest BCUT2D eigenvalue weighted by molar-refractivity contribution is 0.584. The molecule has 84 valence electrons. The number of halogens is 2. The molecule has 0 aliphatic carbocycles. The Labute approximate surface area is 91.5 Å². The van der Waals surface area contributed by atoms with Crippen LogP contribution in [0, 0.1) is 18.6 Å². The topological polar surface area (TPSA) is 40.7 Å². The average Bonchev–Trinajstić information content (AvgIpc) is 2.59. The van der Waals surface area contributed by atoms with Crippen molar-refractivity contribution in [1.29, 1.82) is 0 Å². The molecular weight excluding hydrogens is 212 g/mol. The lowest BCUT2D eigenvalue weighted by Crippen LogP contribution is -2.00. The fourth-order valence-electron chi connectivity index (χ4n) is 1.41. The molecule has 0 amide bonds. The van der Waals surface area contributed by atoms with Gasteiger partial charge in [-0.05, 0) is 19.1 Å². The van der Waals surface area contributed by atoms with E-state index >= 15 is 0 Å². The molecule has 2 N–H and O–H groups in total. The van der Waals surface area contributed by atoms with E-state index in [-0.39, 0.29) is 0 Å². The number of benzene rings is 1. The summed E-state index contributed by atoms with van der Waals surface area (Å²) < 4.78 is 25.7. The molecule has 1 heterocycles. The molecule has 0 atom stereocenters. The molecule has 2 aromatic rings. The summed E-state index contributed by atoms with van der Waals surface area (Å²) in [5, 5.41) is 9.57. The van der Waals surface area contributed by atoms with Crippen LogP contribution in [0.4, 0.5) is 14.5 Å². The lowest BCUT2D eigenvalue weighted by Gasteiger charge is -2.05. The first-order chi connectivity index (χ1) is 7.65. The number of H-pyrrole nitrogens is 1. The van der Waals surface area contributed by atoms with Gasteiger partial charge in [-0.25, -0.2) is 8.78 Å². The van der Waals surface area contributed by atoms with Gasteiger partial charge in [0.25, 0.3) is 0 Å². The van der Waals surface area contributed by atoms with E-state index in [2.05, 4.69) is 15.5 Å². The van der Waals surface area contributed by atoms with Crippen LogP contribution in [0.15, 0.2) is 24.4 Å². The number of nitrogens with zero attached hydrogens (tertiary/aromatic N) is 1. The quantitative estimate of drug-likeness (QED) is 0.839. The Balaban J connectivity index is 2.07. The molecular formula is C11H11F2N3. The number of anilines is 1. The van der Waals surface area contributed by atoms with E-state index in [9.17, 15) is 8.78 Å². The Morgan fingerprint density at radius 1 is 1.25 bits per heavy atom. The monoisotopic (exact) mass is 223 g/mol. The Hall–Kier alpha value is -1.91. The van der Waals surface area contributed by atoms with E-state index < -0.39 is 11.6 Å². The second-order valence-electron chi connectivity index (χ2n) is 3.53. The Morgan fingerprint density at radius 3 is 2.50 bits per heavy atom. The first-order valence-electron chi connectivity index (χ1n) is 4.84. The highest BCUT2D eigenvalue weighted by atomic mass is 19.1. The highest BCUT2D eigenvalue weighted by Gasteiger charge is 2.02. The zero-order valence-electron chi connectivity index (χ0n) is 8.72. The van der Waals surface area contributed by atoms with Gasteiger partial charge in [0, 0.05) is 29.6 Å². The highest BCUT2D eigenvalue weighted by molar-refractivity contribution is 5.44. The van der Waals surface area contributed by atoms with Crippen LogP contribution in [0.1, 0.15) is 11.3 Å². The summed E-state index contributed by atoms with van der Waals surface area (Å²) in [6.07, 6.45) is 1.68. The van der Waals surface area contributed by atoms with Crippen molar-refractivity contribution in [2.24, 2.45) is 0 Å². The lowest BCUT2D eigenvalue weighted by atomic mass is 10.2. The fourth-order valence-corrected chi connectivity index (χ4v) is 1.41. The number of aromatic nitrogens is 2. The molecule has 0 radical (unpaired) electrons. The SMILES string of the molecule is Cc1[nH]ncc1CNc1cc(F)cc(F)c1. The molecule has 0 aliphatic rings. The molecule has 0 bridgehead atoms. The van der Waals surface area contributed by atoms with Crippen LogP contribution in [0.2, 0.25) is 0 Å². The van der Waals surface area contributed by atoms with E-state index in [1.165, 1.54) is 12.1 Å². The van der Waals surface area contributed by atoms with Gasteiger partial charge in [0.1, 0.15) is 11.6 Å². The van der Waals surface area contributed by atoms with Crippen molar-refractivity contribution in [2.45, 2.75) is 13.5 Å². The van der Waals surface area contributed by atoms with E-state index in [4.69, 9.17) is 0 Å².